The molecule has 5 heteroatoms. The van der Waals surface area contributed by atoms with E-state index in [0.29, 0.717) is 6.42 Å². The molecule has 0 bridgehead atoms. The number of aryl methyl sites for hydroxylation is 1. The minimum Gasteiger partial charge on any atom is -0.493 e. The van der Waals surface area contributed by atoms with E-state index >= 15 is 0 Å². The second kappa shape index (κ2) is 9.13. The highest BCUT2D eigenvalue weighted by Gasteiger charge is 2.16. The zero-order valence-corrected chi connectivity index (χ0v) is 15.8. The van der Waals surface area contributed by atoms with Gasteiger partial charge in [-0.05, 0) is 48.7 Å². The lowest BCUT2D eigenvalue weighted by Crippen LogP contribution is -2.22. The monoisotopic (exact) mass is 357 g/mol. The molecule has 26 heavy (non-hydrogen) atoms. The van der Waals surface area contributed by atoms with Crippen molar-refractivity contribution in [2.45, 2.75) is 38.6 Å². The van der Waals surface area contributed by atoms with Crippen molar-refractivity contribution >= 4 is 11.7 Å². The van der Waals surface area contributed by atoms with Crippen LogP contribution < -0.4 is 14.8 Å². The van der Waals surface area contributed by atoms with Crippen LogP contribution in [0.4, 0.5) is 5.69 Å². The van der Waals surface area contributed by atoms with E-state index in [2.05, 4.69) is 19.2 Å². The maximum absolute atomic E-state index is 10.7. The molecule has 0 amide bonds. The molecule has 0 aliphatic carbocycles. The summed E-state index contributed by atoms with van der Waals surface area (Å²) in [4.78, 5) is 10.7. The van der Waals surface area contributed by atoms with Crippen molar-refractivity contribution < 1.29 is 19.4 Å². The van der Waals surface area contributed by atoms with Crippen LogP contribution in [-0.2, 0) is 11.2 Å². The third-order valence-electron chi connectivity index (χ3n) is 4.63. The van der Waals surface area contributed by atoms with Crippen LogP contribution in [-0.4, -0.2) is 31.3 Å². The average molecular weight is 357 g/mol. The van der Waals surface area contributed by atoms with Gasteiger partial charge in [0.15, 0.2) is 11.5 Å². The number of rotatable bonds is 9. The number of carboxylic acid groups (broad SMARTS) is 1. The third kappa shape index (κ3) is 5.15. The summed E-state index contributed by atoms with van der Waals surface area (Å²) in [5.41, 5.74) is 3.17. The minimum atomic E-state index is -0.779. The SMILES string of the molecule is COc1ccc(C(C)C(C)Nc2cccc(CCC(=O)O)c2)cc1OC. The number of anilines is 1. The van der Waals surface area contributed by atoms with Gasteiger partial charge in [0, 0.05) is 24.1 Å². The topological polar surface area (TPSA) is 67.8 Å². The number of hydrogen-bond donors (Lipinski definition) is 2. The summed E-state index contributed by atoms with van der Waals surface area (Å²) in [6.45, 7) is 4.29. The summed E-state index contributed by atoms with van der Waals surface area (Å²) >= 11 is 0. The Morgan fingerprint density at radius 3 is 2.46 bits per heavy atom. The van der Waals surface area contributed by atoms with Crippen LogP contribution in [0.5, 0.6) is 11.5 Å². The second-order valence-corrected chi connectivity index (χ2v) is 6.43. The summed E-state index contributed by atoms with van der Waals surface area (Å²) in [6.07, 6.45) is 0.672. The van der Waals surface area contributed by atoms with Crippen molar-refractivity contribution in [1.29, 1.82) is 0 Å². The Labute approximate surface area is 155 Å². The van der Waals surface area contributed by atoms with E-state index < -0.39 is 5.97 Å². The zero-order chi connectivity index (χ0) is 19.1. The van der Waals surface area contributed by atoms with E-state index in [0.717, 1.165) is 28.3 Å². The molecule has 2 aromatic carbocycles. The first-order valence-electron chi connectivity index (χ1n) is 8.73. The highest BCUT2D eigenvalue weighted by molar-refractivity contribution is 5.67. The summed E-state index contributed by atoms with van der Waals surface area (Å²) in [6, 6.07) is 14.1. The third-order valence-corrected chi connectivity index (χ3v) is 4.63. The van der Waals surface area contributed by atoms with Crippen LogP contribution in [0.25, 0.3) is 0 Å². The Kier molecular flexibility index (Phi) is 6.89. The van der Waals surface area contributed by atoms with Gasteiger partial charge in [0.25, 0.3) is 0 Å². The van der Waals surface area contributed by atoms with E-state index in [1.807, 2.05) is 42.5 Å². The van der Waals surface area contributed by atoms with Crippen LogP contribution in [0.1, 0.15) is 37.3 Å². The zero-order valence-electron chi connectivity index (χ0n) is 15.8. The van der Waals surface area contributed by atoms with Gasteiger partial charge in [-0.15, -0.1) is 0 Å². The molecule has 0 aliphatic rings. The van der Waals surface area contributed by atoms with Crippen molar-refractivity contribution in [3.8, 4) is 11.5 Å². The van der Waals surface area contributed by atoms with Gasteiger partial charge in [0.2, 0.25) is 0 Å². The van der Waals surface area contributed by atoms with Gasteiger partial charge >= 0.3 is 5.97 Å². The Morgan fingerprint density at radius 1 is 1.08 bits per heavy atom. The quantitative estimate of drug-likeness (QED) is 0.699. The summed E-state index contributed by atoms with van der Waals surface area (Å²) in [7, 11) is 3.26. The normalized spacial score (nSPS) is 12.9. The average Bonchev–Trinajstić information content (AvgIpc) is 2.65. The number of hydrogen-bond acceptors (Lipinski definition) is 4. The number of benzene rings is 2. The first-order valence-corrected chi connectivity index (χ1v) is 8.73. The fraction of sp³-hybridized carbons (Fsp3) is 0.381. The van der Waals surface area contributed by atoms with Gasteiger partial charge in [0.05, 0.1) is 14.2 Å². The molecule has 2 aromatic rings. The molecule has 2 atom stereocenters. The van der Waals surface area contributed by atoms with E-state index in [-0.39, 0.29) is 18.4 Å². The van der Waals surface area contributed by atoms with Gasteiger partial charge < -0.3 is 19.9 Å². The Bertz CT molecular complexity index is 745. The highest BCUT2D eigenvalue weighted by Crippen LogP contribution is 2.32. The maximum Gasteiger partial charge on any atom is 0.303 e. The molecule has 5 nitrogen and oxygen atoms in total. The molecule has 0 saturated heterocycles. The lowest BCUT2D eigenvalue weighted by molar-refractivity contribution is -0.136. The van der Waals surface area contributed by atoms with Crippen molar-refractivity contribution in [1.82, 2.24) is 0 Å². The van der Waals surface area contributed by atoms with Gasteiger partial charge in [-0.2, -0.15) is 0 Å². The number of ether oxygens (including phenoxy) is 2. The predicted octanol–water partition coefficient (Wildman–Crippen LogP) is 4.33. The van der Waals surface area contributed by atoms with Crippen molar-refractivity contribution in [3.63, 3.8) is 0 Å². The van der Waals surface area contributed by atoms with Crippen LogP contribution >= 0.6 is 0 Å². The molecule has 140 valence electrons. The summed E-state index contributed by atoms with van der Waals surface area (Å²) < 4.78 is 10.7. The molecule has 0 aromatic heterocycles. The highest BCUT2D eigenvalue weighted by atomic mass is 16.5. The maximum atomic E-state index is 10.7. The number of methoxy groups -OCH3 is 2. The van der Waals surface area contributed by atoms with Crippen molar-refractivity contribution in [3.05, 3.63) is 53.6 Å². The van der Waals surface area contributed by atoms with Crippen molar-refractivity contribution in [2.75, 3.05) is 19.5 Å². The first-order chi connectivity index (χ1) is 12.4. The lowest BCUT2D eigenvalue weighted by Gasteiger charge is -2.24. The standard InChI is InChI=1S/C21H27NO4/c1-14(17-9-10-19(25-3)20(13-17)26-4)15(2)22-18-7-5-6-16(12-18)8-11-21(23)24/h5-7,9-10,12-15,22H,8,11H2,1-4H3,(H,23,24). The number of aliphatic carboxylic acids is 1. The Hall–Kier alpha value is -2.69. The molecule has 2 rings (SSSR count). The van der Waals surface area contributed by atoms with E-state index in [1.165, 1.54) is 0 Å². The van der Waals surface area contributed by atoms with Gasteiger partial charge in [-0.1, -0.05) is 25.1 Å². The molecule has 0 fully saturated rings. The molecule has 0 aliphatic heterocycles. The molecular formula is C21H27NO4. The Morgan fingerprint density at radius 2 is 1.81 bits per heavy atom. The molecule has 0 spiro atoms. The van der Waals surface area contributed by atoms with Gasteiger partial charge in [-0.25, -0.2) is 0 Å². The number of carbonyl (C=O) groups is 1. The molecular weight excluding hydrogens is 330 g/mol. The fourth-order valence-corrected chi connectivity index (χ4v) is 2.88. The van der Waals surface area contributed by atoms with Crippen LogP contribution in [0, 0.1) is 0 Å². The second-order valence-electron chi connectivity index (χ2n) is 6.43. The molecule has 0 heterocycles. The van der Waals surface area contributed by atoms with Gasteiger partial charge in [-0.3, -0.25) is 4.79 Å². The van der Waals surface area contributed by atoms with E-state index in [9.17, 15) is 4.79 Å². The summed E-state index contributed by atoms with van der Waals surface area (Å²) in [5, 5.41) is 12.3. The smallest absolute Gasteiger partial charge is 0.303 e. The van der Waals surface area contributed by atoms with E-state index in [4.69, 9.17) is 14.6 Å². The van der Waals surface area contributed by atoms with Crippen LogP contribution in [0.3, 0.4) is 0 Å². The molecule has 2 unspecified atom stereocenters. The van der Waals surface area contributed by atoms with E-state index in [1.54, 1.807) is 14.2 Å². The van der Waals surface area contributed by atoms with Crippen LogP contribution in [0.2, 0.25) is 0 Å². The number of nitrogens with one attached hydrogen (secondary N) is 1. The minimum absolute atomic E-state index is 0.140. The number of carboxylic acids is 1. The predicted molar refractivity (Wildman–Crippen MR) is 103 cm³/mol. The fourth-order valence-electron chi connectivity index (χ4n) is 2.88. The molecule has 0 saturated carbocycles. The Balaban J connectivity index is 2.08. The van der Waals surface area contributed by atoms with Gasteiger partial charge in [0.1, 0.15) is 0 Å². The largest absolute Gasteiger partial charge is 0.493 e. The van der Waals surface area contributed by atoms with Crippen molar-refractivity contribution in [2.24, 2.45) is 0 Å². The molecule has 0 radical (unpaired) electrons. The van der Waals surface area contributed by atoms with Crippen LogP contribution in [0.15, 0.2) is 42.5 Å². The first kappa shape index (κ1) is 19.6. The summed E-state index contributed by atoms with van der Waals surface area (Å²) in [5.74, 6) is 0.909. The molecule has 2 N–H and O–H groups in total. The lowest BCUT2D eigenvalue weighted by atomic mass is 9.93.